The van der Waals surface area contributed by atoms with Gasteiger partial charge in [0.25, 0.3) is 0 Å². The van der Waals surface area contributed by atoms with Crippen LogP contribution in [0.15, 0.2) is 48.5 Å². The van der Waals surface area contributed by atoms with E-state index in [1.807, 2.05) is 31.2 Å². The van der Waals surface area contributed by atoms with Crippen molar-refractivity contribution >= 4 is 18.0 Å². The average molecular weight is 451 g/mol. The number of hydrogen-bond donors (Lipinski definition) is 3. The lowest BCUT2D eigenvalue weighted by molar-refractivity contribution is -0.151. The number of fused-ring (bicyclic) bond motifs is 3. The van der Waals surface area contributed by atoms with Gasteiger partial charge >= 0.3 is 12.1 Å². The molecular formula is C26H30N2O5. The number of nitrogens with one attached hydrogen (secondary N) is 2. The van der Waals surface area contributed by atoms with Crippen LogP contribution >= 0.6 is 0 Å². The van der Waals surface area contributed by atoms with E-state index in [1.54, 1.807) is 0 Å². The van der Waals surface area contributed by atoms with Crippen molar-refractivity contribution in [2.45, 2.75) is 50.5 Å². The van der Waals surface area contributed by atoms with Crippen molar-refractivity contribution in [2.75, 3.05) is 13.2 Å². The molecule has 7 nitrogen and oxygen atoms in total. The van der Waals surface area contributed by atoms with E-state index >= 15 is 0 Å². The van der Waals surface area contributed by atoms with Gasteiger partial charge < -0.3 is 20.5 Å². The molecule has 0 bridgehead atoms. The number of amides is 2. The lowest BCUT2D eigenvalue weighted by atomic mass is 9.76. The number of carboxylic acid groups (broad SMARTS) is 1. The van der Waals surface area contributed by atoms with Gasteiger partial charge in [0.1, 0.15) is 12.1 Å². The number of carbonyl (C=O) groups excluding carboxylic acids is 2. The average Bonchev–Trinajstić information content (AvgIpc) is 3.11. The maximum atomic E-state index is 12.3. The molecule has 2 aliphatic carbocycles. The first-order valence-corrected chi connectivity index (χ1v) is 11.5. The first kappa shape index (κ1) is 22.8. The molecule has 0 aromatic heterocycles. The molecule has 7 heteroatoms. The van der Waals surface area contributed by atoms with Gasteiger partial charge in [0, 0.05) is 18.9 Å². The van der Waals surface area contributed by atoms with Crippen LogP contribution in [0.1, 0.15) is 56.1 Å². The van der Waals surface area contributed by atoms with E-state index in [1.165, 1.54) is 11.1 Å². The van der Waals surface area contributed by atoms with Crippen molar-refractivity contribution in [1.82, 2.24) is 10.6 Å². The number of aliphatic carboxylic acids is 1. The molecule has 0 radical (unpaired) electrons. The van der Waals surface area contributed by atoms with E-state index in [4.69, 9.17) is 4.74 Å². The minimum atomic E-state index is -1.08. The van der Waals surface area contributed by atoms with Gasteiger partial charge in [-0.3, -0.25) is 4.79 Å². The lowest BCUT2D eigenvalue weighted by Gasteiger charge is -2.38. The Bertz CT molecular complexity index is 1000. The molecule has 1 fully saturated rings. The van der Waals surface area contributed by atoms with Gasteiger partial charge in [-0.1, -0.05) is 55.5 Å². The fourth-order valence-corrected chi connectivity index (χ4v) is 4.64. The molecule has 174 valence electrons. The highest BCUT2D eigenvalue weighted by atomic mass is 16.5. The number of alkyl carbamates (subject to hydrolysis) is 1. The van der Waals surface area contributed by atoms with E-state index < -0.39 is 17.6 Å². The molecule has 1 atom stereocenters. The molecule has 2 aromatic carbocycles. The predicted octanol–water partition coefficient (Wildman–Crippen LogP) is 4.06. The second kappa shape index (κ2) is 9.65. The third-order valence-corrected chi connectivity index (χ3v) is 6.80. The van der Waals surface area contributed by atoms with E-state index in [-0.39, 0.29) is 30.8 Å². The summed E-state index contributed by atoms with van der Waals surface area (Å²) in [5, 5.41) is 14.8. The fraction of sp³-hybridized carbons (Fsp3) is 0.423. The molecule has 4 rings (SSSR count). The third kappa shape index (κ3) is 4.87. The van der Waals surface area contributed by atoms with Gasteiger partial charge in [0.2, 0.25) is 5.91 Å². The molecule has 0 saturated heterocycles. The van der Waals surface area contributed by atoms with Gasteiger partial charge in [0.15, 0.2) is 0 Å². The van der Waals surface area contributed by atoms with Crippen molar-refractivity contribution in [1.29, 1.82) is 0 Å². The Kier molecular flexibility index (Phi) is 6.67. The van der Waals surface area contributed by atoms with E-state index in [0.29, 0.717) is 25.8 Å². The summed E-state index contributed by atoms with van der Waals surface area (Å²) in [6.07, 6.45) is 2.06. The summed E-state index contributed by atoms with van der Waals surface area (Å²) in [6, 6.07) is 16.4. The van der Waals surface area contributed by atoms with Crippen LogP contribution < -0.4 is 10.6 Å². The van der Waals surface area contributed by atoms with Gasteiger partial charge in [-0.25, -0.2) is 9.59 Å². The van der Waals surface area contributed by atoms with Gasteiger partial charge in [-0.2, -0.15) is 0 Å². The number of rotatable bonds is 9. The molecule has 3 N–H and O–H groups in total. The zero-order chi connectivity index (χ0) is 23.4. The first-order chi connectivity index (χ1) is 15.9. The zero-order valence-electron chi connectivity index (χ0n) is 18.8. The second-order valence-electron chi connectivity index (χ2n) is 9.14. The molecule has 0 aliphatic heterocycles. The Hall–Kier alpha value is -3.35. The van der Waals surface area contributed by atoms with E-state index in [9.17, 15) is 19.5 Å². The summed E-state index contributed by atoms with van der Waals surface area (Å²) in [7, 11) is 0. The molecule has 0 spiro atoms. The van der Waals surface area contributed by atoms with Crippen LogP contribution in [-0.2, 0) is 14.3 Å². The molecule has 33 heavy (non-hydrogen) atoms. The number of hydrogen-bond acceptors (Lipinski definition) is 4. The summed E-state index contributed by atoms with van der Waals surface area (Å²) in [5.41, 5.74) is 3.61. The highest BCUT2D eigenvalue weighted by Gasteiger charge is 2.45. The number of carbonyl (C=O) groups is 3. The monoisotopic (exact) mass is 450 g/mol. The zero-order valence-corrected chi connectivity index (χ0v) is 18.8. The molecule has 2 aliphatic rings. The van der Waals surface area contributed by atoms with Gasteiger partial charge in [-0.15, -0.1) is 0 Å². The molecule has 2 amide bonds. The van der Waals surface area contributed by atoms with Crippen LogP contribution in [-0.4, -0.2) is 41.8 Å². The summed E-state index contributed by atoms with van der Waals surface area (Å²) in [5.74, 6) is -1.16. The number of benzene rings is 2. The Labute approximate surface area is 193 Å². The maximum absolute atomic E-state index is 12.3. The van der Waals surface area contributed by atoms with Crippen LogP contribution in [0.2, 0.25) is 0 Å². The van der Waals surface area contributed by atoms with E-state index in [0.717, 1.165) is 17.5 Å². The third-order valence-electron chi connectivity index (χ3n) is 6.80. The lowest BCUT2D eigenvalue weighted by Crippen LogP contribution is -2.59. The minimum Gasteiger partial charge on any atom is -0.480 e. The summed E-state index contributed by atoms with van der Waals surface area (Å²) in [4.78, 5) is 35.8. The maximum Gasteiger partial charge on any atom is 0.407 e. The summed E-state index contributed by atoms with van der Waals surface area (Å²) < 4.78 is 5.54. The normalized spacial score (nSPS) is 16.6. The number of carboxylic acids is 1. The smallest absolute Gasteiger partial charge is 0.407 e. The quantitative estimate of drug-likeness (QED) is 0.534. The Morgan fingerprint density at radius 1 is 1.06 bits per heavy atom. The van der Waals surface area contributed by atoms with Gasteiger partial charge in [0.05, 0.1) is 0 Å². The fourth-order valence-electron chi connectivity index (χ4n) is 4.64. The Morgan fingerprint density at radius 2 is 1.67 bits per heavy atom. The molecule has 1 saturated carbocycles. The largest absolute Gasteiger partial charge is 0.480 e. The van der Waals surface area contributed by atoms with Crippen molar-refractivity contribution < 1.29 is 24.2 Å². The minimum absolute atomic E-state index is 0.0114. The second-order valence-corrected chi connectivity index (χ2v) is 9.14. The van der Waals surface area contributed by atoms with Gasteiger partial charge in [-0.05, 0) is 53.9 Å². The molecule has 0 heterocycles. The van der Waals surface area contributed by atoms with Crippen molar-refractivity contribution in [3.8, 4) is 11.1 Å². The molecule has 2 aromatic rings. The van der Waals surface area contributed by atoms with Crippen LogP contribution in [0.25, 0.3) is 11.1 Å². The topological polar surface area (TPSA) is 105 Å². The van der Waals surface area contributed by atoms with Crippen molar-refractivity contribution in [2.24, 2.45) is 5.92 Å². The Balaban J connectivity index is 1.21. The Morgan fingerprint density at radius 3 is 2.21 bits per heavy atom. The van der Waals surface area contributed by atoms with Crippen molar-refractivity contribution in [3.05, 3.63) is 59.7 Å². The highest BCUT2D eigenvalue weighted by Crippen LogP contribution is 2.44. The highest BCUT2D eigenvalue weighted by molar-refractivity contribution is 5.87. The van der Waals surface area contributed by atoms with Crippen molar-refractivity contribution in [3.63, 3.8) is 0 Å². The predicted molar refractivity (Wildman–Crippen MR) is 124 cm³/mol. The van der Waals surface area contributed by atoms with Crippen LogP contribution in [0.5, 0.6) is 0 Å². The van der Waals surface area contributed by atoms with Crippen LogP contribution in [0, 0.1) is 5.92 Å². The standard InChI is InChI=1S/C26H30N2O5/c1-17(11-12-23(29)28-26(24(30)31)13-6-14-26)15-27-25(32)33-16-22-20-9-4-2-7-18(20)19-8-3-5-10-21(19)22/h2-5,7-10,17,22H,6,11-16H2,1H3,(H,27,32)(H,28,29)(H,30,31). The SMILES string of the molecule is CC(CCC(=O)NC1(C(=O)O)CCC1)CNC(=O)OCC1c2ccccc2-c2ccccc21. The number of ether oxygens (including phenoxy) is 1. The van der Waals surface area contributed by atoms with E-state index in [2.05, 4.69) is 34.9 Å². The summed E-state index contributed by atoms with van der Waals surface area (Å²) >= 11 is 0. The van der Waals surface area contributed by atoms with Crippen LogP contribution in [0.4, 0.5) is 4.79 Å². The van der Waals surface area contributed by atoms with Crippen LogP contribution in [0.3, 0.4) is 0 Å². The first-order valence-electron chi connectivity index (χ1n) is 11.5. The molecule has 1 unspecified atom stereocenters. The summed E-state index contributed by atoms with van der Waals surface area (Å²) in [6.45, 7) is 2.58. The molecular weight excluding hydrogens is 420 g/mol.